The number of carbonyl (C=O) groups is 1. The molecular formula is C15H23FN2O2. The number of methoxy groups -OCH3 is 1. The molecule has 5 heteroatoms. The van der Waals surface area contributed by atoms with Crippen LogP contribution in [-0.2, 0) is 9.53 Å². The van der Waals surface area contributed by atoms with Crippen LogP contribution in [0.15, 0.2) is 24.3 Å². The molecule has 0 fully saturated rings. The summed E-state index contributed by atoms with van der Waals surface area (Å²) in [5.41, 5.74) is 6.45. The fourth-order valence-corrected chi connectivity index (χ4v) is 2.16. The predicted molar refractivity (Wildman–Crippen MR) is 76.7 cm³/mol. The zero-order valence-electron chi connectivity index (χ0n) is 12.3. The van der Waals surface area contributed by atoms with Crippen molar-refractivity contribution in [2.75, 3.05) is 20.2 Å². The third kappa shape index (κ3) is 4.28. The Morgan fingerprint density at radius 3 is 2.45 bits per heavy atom. The molecule has 1 amide bonds. The number of ether oxygens (including phenoxy) is 1. The molecule has 0 saturated carbocycles. The van der Waals surface area contributed by atoms with Crippen molar-refractivity contribution in [2.24, 2.45) is 5.73 Å². The van der Waals surface area contributed by atoms with Crippen LogP contribution in [0.5, 0.6) is 0 Å². The fraction of sp³-hybridized carbons (Fsp3) is 0.533. The molecule has 4 nitrogen and oxygen atoms in total. The Labute approximate surface area is 119 Å². The molecule has 0 saturated heterocycles. The Morgan fingerprint density at radius 1 is 1.40 bits per heavy atom. The highest BCUT2D eigenvalue weighted by molar-refractivity contribution is 5.77. The van der Waals surface area contributed by atoms with Gasteiger partial charge in [0.05, 0.1) is 18.6 Å². The summed E-state index contributed by atoms with van der Waals surface area (Å²) in [5.74, 6) is -0.292. The van der Waals surface area contributed by atoms with Gasteiger partial charge in [0.2, 0.25) is 5.91 Å². The smallest absolute Gasteiger partial charge is 0.225 e. The van der Waals surface area contributed by atoms with E-state index in [1.165, 1.54) is 12.1 Å². The first-order valence-corrected chi connectivity index (χ1v) is 6.81. The number of carbonyl (C=O) groups excluding carboxylic acids is 1. The van der Waals surface area contributed by atoms with Crippen molar-refractivity contribution in [3.8, 4) is 0 Å². The number of benzene rings is 1. The summed E-state index contributed by atoms with van der Waals surface area (Å²) in [7, 11) is 1.55. The summed E-state index contributed by atoms with van der Waals surface area (Å²) >= 11 is 0. The lowest BCUT2D eigenvalue weighted by Gasteiger charge is -2.29. The molecule has 2 N–H and O–H groups in total. The van der Waals surface area contributed by atoms with Gasteiger partial charge < -0.3 is 15.4 Å². The maximum Gasteiger partial charge on any atom is 0.225 e. The van der Waals surface area contributed by atoms with Gasteiger partial charge >= 0.3 is 0 Å². The van der Waals surface area contributed by atoms with Crippen molar-refractivity contribution in [3.05, 3.63) is 35.6 Å². The third-order valence-electron chi connectivity index (χ3n) is 3.48. The molecule has 2 unspecified atom stereocenters. The van der Waals surface area contributed by atoms with E-state index < -0.39 is 0 Å². The topological polar surface area (TPSA) is 55.6 Å². The molecular weight excluding hydrogens is 259 g/mol. The molecule has 0 radical (unpaired) electrons. The molecule has 1 aromatic carbocycles. The molecule has 0 aliphatic carbocycles. The number of amides is 1. The highest BCUT2D eigenvalue weighted by Gasteiger charge is 2.22. The Hall–Kier alpha value is -1.46. The second-order valence-electron chi connectivity index (χ2n) is 4.70. The highest BCUT2D eigenvalue weighted by atomic mass is 19.1. The molecule has 0 aromatic heterocycles. The molecule has 2 atom stereocenters. The SMILES string of the molecule is CCN(C(=O)CC(CN)OC)C(C)c1ccc(F)cc1. The summed E-state index contributed by atoms with van der Waals surface area (Å²) < 4.78 is 18.1. The zero-order valence-corrected chi connectivity index (χ0v) is 12.3. The minimum atomic E-state index is -0.280. The summed E-state index contributed by atoms with van der Waals surface area (Å²) in [5, 5.41) is 0. The van der Waals surface area contributed by atoms with E-state index in [0.29, 0.717) is 13.1 Å². The summed E-state index contributed by atoms with van der Waals surface area (Å²) in [6.45, 7) is 4.74. The van der Waals surface area contributed by atoms with Gasteiger partial charge in [-0.25, -0.2) is 4.39 Å². The number of hydrogen-bond acceptors (Lipinski definition) is 3. The van der Waals surface area contributed by atoms with E-state index in [-0.39, 0.29) is 30.3 Å². The maximum atomic E-state index is 12.9. The van der Waals surface area contributed by atoms with E-state index in [0.717, 1.165) is 5.56 Å². The normalized spacial score (nSPS) is 13.8. The van der Waals surface area contributed by atoms with E-state index in [1.807, 2.05) is 13.8 Å². The second kappa shape index (κ2) is 7.97. The first kappa shape index (κ1) is 16.6. The number of hydrogen-bond donors (Lipinski definition) is 1. The van der Waals surface area contributed by atoms with E-state index in [1.54, 1.807) is 24.1 Å². The molecule has 0 spiro atoms. The van der Waals surface area contributed by atoms with Crippen LogP contribution in [0.1, 0.15) is 31.9 Å². The number of nitrogens with two attached hydrogens (primary N) is 1. The van der Waals surface area contributed by atoms with Crippen molar-refractivity contribution < 1.29 is 13.9 Å². The van der Waals surface area contributed by atoms with Crippen LogP contribution in [0.3, 0.4) is 0 Å². The Bertz CT molecular complexity index is 418. The number of rotatable bonds is 7. The Morgan fingerprint density at radius 2 is 2.00 bits per heavy atom. The average Bonchev–Trinajstić information content (AvgIpc) is 2.46. The third-order valence-corrected chi connectivity index (χ3v) is 3.48. The van der Waals surface area contributed by atoms with Gasteiger partial charge in [-0.05, 0) is 31.5 Å². The number of halogens is 1. The minimum Gasteiger partial charge on any atom is -0.380 e. The molecule has 0 aliphatic rings. The van der Waals surface area contributed by atoms with Gasteiger partial charge in [0.1, 0.15) is 5.82 Å². The van der Waals surface area contributed by atoms with Crippen molar-refractivity contribution >= 4 is 5.91 Å². The van der Waals surface area contributed by atoms with Gasteiger partial charge in [-0.1, -0.05) is 12.1 Å². The van der Waals surface area contributed by atoms with Crippen molar-refractivity contribution in [3.63, 3.8) is 0 Å². The van der Waals surface area contributed by atoms with Crippen molar-refractivity contribution in [1.82, 2.24) is 4.90 Å². The standard InChI is InChI=1S/C15H23FN2O2/c1-4-18(15(19)9-14(10-17)20-3)11(2)12-5-7-13(16)8-6-12/h5-8,11,14H,4,9-10,17H2,1-3H3. The minimum absolute atomic E-state index is 0.0124. The van der Waals surface area contributed by atoms with Crippen LogP contribution < -0.4 is 5.73 Å². The fourth-order valence-electron chi connectivity index (χ4n) is 2.16. The lowest BCUT2D eigenvalue weighted by Crippen LogP contribution is -2.37. The van der Waals surface area contributed by atoms with Gasteiger partial charge in [-0.3, -0.25) is 4.79 Å². The van der Waals surface area contributed by atoms with Gasteiger partial charge in [0.15, 0.2) is 0 Å². The summed E-state index contributed by atoms with van der Waals surface area (Å²) in [6, 6.07) is 6.10. The highest BCUT2D eigenvalue weighted by Crippen LogP contribution is 2.21. The van der Waals surface area contributed by atoms with Crippen LogP contribution in [0.4, 0.5) is 4.39 Å². The van der Waals surface area contributed by atoms with E-state index in [9.17, 15) is 9.18 Å². The van der Waals surface area contributed by atoms with Crippen LogP contribution in [0, 0.1) is 5.82 Å². The van der Waals surface area contributed by atoms with Gasteiger partial charge in [0, 0.05) is 20.2 Å². The first-order chi connectivity index (χ1) is 9.53. The number of nitrogens with zero attached hydrogens (tertiary/aromatic N) is 1. The molecule has 0 aliphatic heterocycles. The monoisotopic (exact) mass is 282 g/mol. The average molecular weight is 282 g/mol. The molecule has 1 rings (SSSR count). The maximum absolute atomic E-state index is 12.9. The predicted octanol–water partition coefficient (Wildman–Crippen LogP) is 2.10. The second-order valence-corrected chi connectivity index (χ2v) is 4.70. The lowest BCUT2D eigenvalue weighted by molar-refractivity contribution is -0.135. The van der Waals surface area contributed by atoms with Gasteiger partial charge in [0.25, 0.3) is 0 Å². The summed E-state index contributed by atoms with van der Waals surface area (Å²) in [6.07, 6.45) is -0.0104. The van der Waals surface area contributed by atoms with Crippen LogP contribution in [0.2, 0.25) is 0 Å². The molecule has 20 heavy (non-hydrogen) atoms. The van der Waals surface area contributed by atoms with Gasteiger partial charge in [-0.2, -0.15) is 0 Å². The van der Waals surface area contributed by atoms with Crippen LogP contribution in [-0.4, -0.2) is 37.1 Å². The first-order valence-electron chi connectivity index (χ1n) is 6.81. The van der Waals surface area contributed by atoms with E-state index in [2.05, 4.69) is 0 Å². The van der Waals surface area contributed by atoms with Crippen molar-refractivity contribution in [1.29, 1.82) is 0 Å². The lowest BCUT2D eigenvalue weighted by atomic mass is 10.1. The van der Waals surface area contributed by atoms with Crippen molar-refractivity contribution in [2.45, 2.75) is 32.4 Å². The van der Waals surface area contributed by atoms with Crippen LogP contribution in [0.25, 0.3) is 0 Å². The molecule has 1 aromatic rings. The molecule has 0 heterocycles. The Balaban J connectivity index is 2.78. The molecule has 112 valence electrons. The van der Waals surface area contributed by atoms with Gasteiger partial charge in [-0.15, -0.1) is 0 Å². The van der Waals surface area contributed by atoms with E-state index >= 15 is 0 Å². The quantitative estimate of drug-likeness (QED) is 0.833. The largest absolute Gasteiger partial charge is 0.380 e. The van der Waals surface area contributed by atoms with E-state index in [4.69, 9.17) is 10.5 Å². The van der Waals surface area contributed by atoms with Crippen LogP contribution >= 0.6 is 0 Å². The zero-order chi connectivity index (χ0) is 15.1. The molecule has 0 bridgehead atoms. The Kier molecular flexibility index (Phi) is 6.61. The summed E-state index contributed by atoms with van der Waals surface area (Å²) in [4.78, 5) is 14.0.